The van der Waals surface area contributed by atoms with Crippen LogP contribution in [-0.4, -0.2) is 48.9 Å². The maximum Gasteiger partial charge on any atom is 0.392 e. The van der Waals surface area contributed by atoms with E-state index in [4.69, 9.17) is 18.9 Å². The molecule has 2 aliphatic heterocycles. The molecule has 10 heteroatoms. The van der Waals surface area contributed by atoms with E-state index in [-0.39, 0.29) is 41.1 Å². The van der Waals surface area contributed by atoms with Crippen molar-refractivity contribution in [1.82, 2.24) is 0 Å². The Bertz CT molecular complexity index is 1440. The Labute approximate surface area is 289 Å². The Morgan fingerprint density at radius 1 is 0.783 bits per heavy atom. The number of halogens is 2. The van der Waals surface area contributed by atoms with Gasteiger partial charge in [0.05, 0.1) is 11.6 Å². The van der Waals surface area contributed by atoms with Crippen LogP contribution in [0.4, 0.5) is 0 Å². The van der Waals surface area contributed by atoms with E-state index in [2.05, 4.69) is 78.2 Å². The number of aliphatic imine (C=N–C) groups is 2. The van der Waals surface area contributed by atoms with E-state index >= 15 is 0 Å². The van der Waals surface area contributed by atoms with Crippen LogP contribution in [0.3, 0.4) is 0 Å². The van der Waals surface area contributed by atoms with Gasteiger partial charge < -0.3 is 18.9 Å². The molecule has 46 heavy (non-hydrogen) atoms. The standard InChI is InChI=1S/C36H44Br2N2O6/c1-24-22-43-33(39-24)45-31(41)12-8-4-6-10-18-36(19-11-7-5-9-13-32(42)46-34-40-35(2,3)23-44-34)29-20-25(37)14-16-27(29)28-17-15-26(38)21-30(28)36/h14-17,20-21,24H,4-13,18-19,22-23H2,1-3H3. The van der Waals surface area contributed by atoms with Crippen molar-refractivity contribution in [2.75, 3.05) is 13.2 Å². The van der Waals surface area contributed by atoms with Crippen LogP contribution in [0.1, 0.15) is 109 Å². The van der Waals surface area contributed by atoms with Crippen molar-refractivity contribution in [3.05, 3.63) is 56.5 Å². The van der Waals surface area contributed by atoms with Crippen LogP contribution in [0.5, 0.6) is 0 Å². The fourth-order valence-corrected chi connectivity index (χ4v) is 7.33. The first-order valence-electron chi connectivity index (χ1n) is 16.5. The van der Waals surface area contributed by atoms with Crippen LogP contribution in [0, 0.1) is 0 Å². The molecule has 0 bridgehead atoms. The smallest absolute Gasteiger partial charge is 0.392 e. The topological polar surface area (TPSA) is 95.8 Å². The lowest BCUT2D eigenvalue weighted by molar-refractivity contribution is -0.138. The van der Waals surface area contributed by atoms with Crippen LogP contribution in [-0.2, 0) is 34.0 Å². The van der Waals surface area contributed by atoms with Crippen molar-refractivity contribution >= 4 is 56.0 Å². The fraction of sp³-hybridized carbons (Fsp3) is 0.556. The summed E-state index contributed by atoms with van der Waals surface area (Å²) in [4.78, 5) is 33.0. The van der Waals surface area contributed by atoms with Gasteiger partial charge in [-0.15, -0.1) is 0 Å². The SMILES string of the molecule is CC1COC(OC(=O)CCCCCCC2(CCCCCCC(=O)OC3=NC(C)(C)CO3)c3cc(Br)ccc3-c3ccc(Br)cc32)=N1. The number of ether oxygens (including phenoxy) is 4. The summed E-state index contributed by atoms with van der Waals surface area (Å²) in [7, 11) is 0. The monoisotopic (exact) mass is 758 g/mol. The van der Waals surface area contributed by atoms with Gasteiger partial charge in [0.1, 0.15) is 13.2 Å². The molecule has 2 heterocycles. The number of hydrogen-bond donors (Lipinski definition) is 0. The lowest BCUT2D eigenvalue weighted by atomic mass is 9.70. The van der Waals surface area contributed by atoms with Gasteiger partial charge in [0.25, 0.3) is 0 Å². The molecule has 1 aliphatic carbocycles. The zero-order valence-corrected chi connectivity index (χ0v) is 30.2. The highest BCUT2D eigenvalue weighted by Gasteiger charge is 2.42. The highest BCUT2D eigenvalue weighted by Crippen LogP contribution is 2.55. The number of benzene rings is 2. The van der Waals surface area contributed by atoms with E-state index in [1.54, 1.807) is 0 Å². The van der Waals surface area contributed by atoms with Crippen LogP contribution < -0.4 is 0 Å². The average molecular weight is 761 g/mol. The minimum atomic E-state index is -0.345. The third-order valence-electron chi connectivity index (χ3n) is 8.87. The first-order valence-corrected chi connectivity index (χ1v) is 18.1. The van der Waals surface area contributed by atoms with E-state index in [9.17, 15) is 9.59 Å². The van der Waals surface area contributed by atoms with Gasteiger partial charge in [-0.1, -0.05) is 82.5 Å². The molecule has 5 rings (SSSR count). The Morgan fingerprint density at radius 2 is 1.30 bits per heavy atom. The molecule has 3 aliphatic rings. The molecule has 8 nitrogen and oxygen atoms in total. The molecule has 0 saturated heterocycles. The maximum atomic E-state index is 12.3. The van der Waals surface area contributed by atoms with Crippen LogP contribution in [0.15, 0.2) is 55.3 Å². The highest BCUT2D eigenvalue weighted by atomic mass is 79.9. The van der Waals surface area contributed by atoms with Crippen molar-refractivity contribution in [3.8, 4) is 11.1 Å². The summed E-state index contributed by atoms with van der Waals surface area (Å²) in [5.41, 5.74) is 4.94. The fourth-order valence-electron chi connectivity index (χ4n) is 6.60. The second-order valence-electron chi connectivity index (χ2n) is 13.3. The van der Waals surface area contributed by atoms with Crippen molar-refractivity contribution in [2.45, 2.75) is 115 Å². The summed E-state index contributed by atoms with van der Waals surface area (Å²) in [5.74, 6) is -0.569. The summed E-state index contributed by atoms with van der Waals surface area (Å²) in [6.45, 7) is 6.71. The van der Waals surface area contributed by atoms with Crippen molar-refractivity contribution in [3.63, 3.8) is 0 Å². The van der Waals surface area contributed by atoms with Crippen molar-refractivity contribution in [2.24, 2.45) is 9.98 Å². The second kappa shape index (κ2) is 15.5. The quantitative estimate of drug-likeness (QED) is 0.141. The van der Waals surface area contributed by atoms with E-state index in [0.29, 0.717) is 26.1 Å². The third kappa shape index (κ3) is 8.79. The molecule has 0 aromatic heterocycles. The van der Waals surface area contributed by atoms with E-state index in [1.807, 2.05) is 20.8 Å². The molecule has 0 radical (unpaired) electrons. The number of carbonyl (C=O) groups is 2. The number of nitrogens with zero attached hydrogens (tertiary/aromatic N) is 2. The number of unbranched alkanes of at least 4 members (excludes halogenated alkanes) is 6. The summed E-state index contributed by atoms with van der Waals surface area (Å²) >= 11 is 7.50. The van der Waals surface area contributed by atoms with Gasteiger partial charge in [-0.25, -0.2) is 9.98 Å². The maximum absolute atomic E-state index is 12.3. The molecule has 2 aromatic rings. The number of fused-ring (bicyclic) bond motifs is 3. The molecule has 0 fully saturated rings. The number of carbonyl (C=O) groups excluding carboxylic acids is 2. The number of esters is 2. The first-order chi connectivity index (χ1) is 22.0. The summed E-state index contributed by atoms with van der Waals surface area (Å²) in [6, 6.07) is 13.4. The third-order valence-corrected chi connectivity index (χ3v) is 9.86. The Hall–Kier alpha value is -2.72. The van der Waals surface area contributed by atoms with Gasteiger partial charge >= 0.3 is 24.1 Å². The van der Waals surface area contributed by atoms with Crippen LogP contribution in [0.25, 0.3) is 11.1 Å². The van der Waals surface area contributed by atoms with Crippen molar-refractivity contribution < 1.29 is 28.5 Å². The predicted octanol–water partition coefficient (Wildman–Crippen LogP) is 9.19. The molecule has 248 valence electrons. The van der Waals surface area contributed by atoms with Crippen LogP contribution >= 0.6 is 31.9 Å². The number of rotatable bonds is 14. The highest BCUT2D eigenvalue weighted by molar-refractivity contribution is 9.10. The molecule has 0 amide bonds. The van der Waals surface area contributed by atoms with Crippen LogP contribution in [0.2, 0.25) is 0 Å². The Kier molecular flexibility index (Phi) is 11.6. The second-order valence-corrected chi connectivity index (χ2v) is 15.1. The van der Waals surface area contributed by atoms with E-state index in [0.717, 1.165) is 73.2 Å². The van der Waals surface area contributed by atoms with E-state index < -0.39 is 0 Å². The predicted molar refractivity (Wildman–Crippen MR) is 186 cm³/mol. The lowest BCUT2D eigenvalue weighted by Crippen LogP contribution is -2.25. The van der Waals surface area contributed by atoms with Gasteiger partial charge in [-0.05, 0) is 93.0 Å². The molecule has 1 unspecified atom stereocenters. The minimum absolute atomic E-state index is 0.0340. The summed E-state index contributed by atoms with van der Waals surface area (Å²) in [5, 5.41) is 0. The molecular weight excluding hydrogens is 716 g/mol. The molecule has 2 aromatic carbocycles. The Morgan fingerprint density at radius 3 is 1.78 bits per heavy atom. The van der Waals surface area contributed by atoms with Gasteiger partial charge in [-0.2, -0.15) is 0 Å². The van der Waals surface area contributed by atoms with Gasteiger partial charge in [-0.3, -0.25) is 9.59 Å². The molecule has 0 saturated carbocycles. The summed E-state index contributed by atoms with van der Waals surface area (Å²) < 4.78 is 23.4. The largest absolute Gasteiger partial charge is 0.448 e. The molecule has 1 atom stereocenters. The minimum Gasteiger partial charge on any atom is -0.448 e. The van der Waals surface area contributed by atoms with Gasteiger partial charge in [0, 0.05) is 27.2 Å². The average Bonchev–Trinajstić information content (AvgIpc) is 3.65. The van der Waals surface area contributed by atoms with E-state index in [1.165, 1.54) is 22.3 Å². The molecular formula is C36H44Br2N2O6. The zero-order valence-electron chi connectivity index (χ0n) is 27.0. The van der Waals surface area contributed by atoms with Gasteiger partial charge in [0.2, 0.25) is 0 Å². The molecule has 0 N–H and O–H groups in total. The Balaban J connectivity index is 1.16. The zero-order chi connectivity index (χ0) is 32.7. The summed E-state index contributed by atoms with van der Waals surface area (Å²) in [6.07, 6.45) is 10.6. The normalized spacial score (nSPS) is 18.6. The first kappa shape index (κ1) is 34.6. The lowest BCUT2D eigenvalue weighted by Gasteiger charge is -2.33. The number of hydrogen-bond acceptors (Lipinski definition) is 8. The van der Waals surface area contributed by atoms with Crippen molar-refractivity contribution in [1.29, 1.82) is 0 Å². The van der Waals surface area contributed by atoms with Gasteiger partial charge in [0.15, 0.2) is 0 Å². The molecule has 0 spiro atoms.